The van der Waals surface area contributed by atoms with Gasteiger partial charge in [-0.05, 0) is 118 Å². The lowest BCUT2D eigenvalue weighted by molar-refractivity contribution is 1.16. The van der Waals surface area contributed by atoms with Crippen LogP contribution in [0.5, 0.6) is 0 Å². The van der Waals surface area contributed by atoms with Crippen molar-refractivity contribution in [2.75, 3.05) is 0 Å². The number of fused-ring (bicyclic) bond motifs is 13. The Kier molecular flexibility index (Phi) is 8.39. The van der Waals surface area contributed by atoms with Gasteiger partial charge in [0, 0.05) is 60.2 Å². The summed E-state index contributed by atoms with van der Waals surface area (Å²) >= 11 is 0. The fourth-order valence-corrected chi connectivity index (χ4v) is 12.1. The minimum absolute atomic E-state index is 0.849. The largest absolute Gasteiger partial charge is 0.309 e. The van der Waals surface area contributed by atoms with Crippen LogP contribution in [0.2, 0.25) is 0 Å². The summed E-state index contributed by atoms with van der Waals surface area (Å²) in [7, 11) is 0. The lowest BCUT2D eigenvalue weighted by atomic mass is 9.97. The molecular formula is C68H41N5. The summed E-state index contributed by atoms with van der Waals surface area (Å²) in [5.74, 6) is 0. The van der Waals surface area contributed by atoms with Crippen LogP contribution in [-0.2, 0) is 0 Å². The van der Waals surface area contributed by atoms with Gasteiger partial charge in [-0.25, -0.2) is 9.97 Å². The number of benzene rings is 12. The second-order valence-electron chi connectivity index (χ2n) is 19.3. The number of hydrogen-bond donors (Lipinski definition) is 0. The lowest BCUT2D eigenvalue weighted by Gasteiger charge is -2.15. The Morgan fingerprint density at radius 1 is 0.260 bits per heavy atom. The second-order valence-corrected chi connectivity index (χ2v) is 19.3. The summed E-state index contributed by atoms with van der Waals surface area (Å²) < 4.78 is 7.31. The van der Waals surface area contributed by atoms with Crippen molar-refractivity contribution < 1.29 is 0 Å². The van der Waals surface area contributed by atoms with Gasteiger partial charge in [0.2, 0.25) is 0 Å². The van der Waals surface area contributed by atoms with Gasteiger partial charge < -0.3 is 13.7 Å². The van der Waals surface area contributed by atoms with E-state index < -0.39 is 0 Å². The van der Waals surface area contributed by atoms with E-state index in [9.17, 15) is 0 Å². The molecule has 0 aliphatic carbocycles. The number of rotatable bonds is 5. The zero-order chi connectivity index (χ0) is 47.7. The van der Waals surface area contributed by atoms with Gasteiger partial charge in [0.05, 0.1) is 61.2 Å². The zero-order valence-electron chi connectivity index (χ0n) is 39.4. The van der Waals surface area contributed by atoms with E-state index in [1.807, 2.05) is 12.1 Å². The average molecular weight is 928 g/mol. The van der Waals surface area contributed by atoms with Crippen molar-refractivity contribution >= 4 is 109 Å². The van der Waals surface area contributed by atoms with Gasteiger partial charge in [-0.15, -0.1) is 0 Å². The molecule has 5 heteroatoms. The Balaban J connectivity index is 0.929. The predicted molar refractivity (Wildman–Crippen MR) is 306 cm³/mol. The number of para-hydroxylation sites is 5. The van der Waals surface area contributed by atoms with Gasteiger partial charge in [-0.3, -0.25) is 0 Å². The molecule has 16 aromatic rings. The fraction of sp³-hybridized carbons (Fsp3) is 0. The van der Waals surface area contributed by atoms with Gasteiger partial charge in [0.1, 0.15) is 0 Å². The highest BCUT2D eigenvalue weighted by Gasteiger charge is 2.23. The Morgan fingerprint density at radius 3 is 1.52 bits per heavy atom. The highest BCUT2D eigenvalue weighted by atomic mass is 15.0. The molecule has 16 rings (SSSR count). The molecule has 5 nitrogen and oxygen atoms in total. The van der Waals surface area contributed by atoms with Crippen LogP contribution >= 0.6 is 0 Å². The summed E-state index contributed by atoms with van der Waals surface area (Å²) in [4.78, 5) is 11.0. The third-order valence-electron chi connectivity index (χ3n) is 15.3. The quantitative estimate of drug-likeness (QED) is 0.173. The van der Waals surface area contributed by atoms with E-state index in [4.69, 9.17) is 9.97 Å². The average Bonchev–Trinajstić information content (AvgIpc) is 4.08. The van der Waals surface area contributed by atoms with E-state index >= 15 is 0 Å². The first-order valence-electron chi connectivity index (χ1n) is 25.0. The molecule has 0 aliphatic rings. The molecule has 0 fully saturated rings. The predicted octanol–water partition coefficient (Wildman–Crippen LogP) is 17.7. The van der Waals surface area contributed by atoms with Gasteiger partial charge in [0.25, 0.3) is 0 Å². The number of nitrogens with zero attached hydrogens (tertiary/aromatic N) is 5. The Morgan fingerprint density at radius 2 is 0.781 bits per heavy atom. The van der Waals surface area contributed by atoms with Crippen LogP contribution < -0.4 is 0 Å². The van der Waals surface area contributed by atoms with Crippen molar-refractivity contribution in [1.82, 2.24) is 23.7 Å². The highest BCUT2D eigenvalue weighted by molar-refractivity contribution is 6.18. The van der Waals surface area contributed by atoms with Crippen LogP contribution in [0.4, 0.5) is 0 Å². The van der Waals surface area contributed by atoms with E-state index in [1.54, 1.807) is 0 Å². The van der Waals surface area contributed by atoms with Gasteiger partial charge in [-0.2, -0.15) is 0 Å². The topological polar surface area (TPSA) is 40.6 Å². The molecule has 0 unspecified atom stereocenters. The lowest BCUT2D eigenvalue weighted by Crippen LogP contribution is -1.99. The van der Waals surface area contributed by atoms with Crippen molar-refractivity contribution in [3.8, 4) is 39.6 Å². The zero-order valence-corrected chi connectivity index (χ0v) is 39.4. The van der Waals surface area contributed by atoms with Crippen LogP contribution in [0.1, 0.15) is 0 Å². The summed E-state index contributed by atoms with van der Waals surface area (Å²) in [5, 5.41) is 14.4. The number of aromatic nitrogens is 5. The molecule has 0 radical (unpaired) electrons. The van der Waals surface area contributed by atoms with Crippen molar-refractivity contribution in [3.05, 3.63) is 249 Å². The van der Waals surface area contributed by atoms with Crippen LogP contribution in [0.15, 0.2) is 249 Å². The van der Waals surface area contributed by atoms with Crippen molar-refractivity contribution in [3.63, 3.8) is 0 Å². The number of hydrogen-bond acceptors (Lipinski definition) is 2. The van der Waals surface area contributed by atoms with Crippen molar-refractivity contribution in [2.24, 2.45) is 0 Å². The minimum Gasteiger partial charge on any atom is -0.309 e. The molecule has 0 atom stereocenters. The standard InChI is InChI=1S/C68H41N5/c1-2-21-48(22-3-1)71-61-29-13-9-24-53(61)66-54(25-15-31-62(66)71)68-67(69-57-26-10-11-27-58(57)70-68)47-32-34-50-46(36-47)20-14-30-59(50)73-64-40-45-19-7-5-17-43(45)38-56(64)52-35-33-49(41-65(52)73)72-60-28-12-8-23-51(60)55-37-42-16-4-6-18-44(42)39-63(55)72/h1-41H. The summed E-state index contributed by atoms with van der Waals surface area (Å²) in [6, 6.07) is 90.4. The maximum Gasteiger partial charge on any atom is 0.0980 e. The first kappa shape index (κ1) is 39.9. The molecule has 0 bridgehead atoms. The van der Waals surface area contributed by atoms with E-state index in [1.165, 1.54) is 65.0 Å². The molecule has 73 heavy (non-hydrogen) atoms. The third-order valence-corrected chi connectivity index (χ3v) is 15.3. The molecule has 0 N–H and O–H groups in total. The van der Waals surface area contributed by atoms with E-state index in [0.717, 1.165) is 83.3 Å². The smallest absolute Gasteiger partial charge is 0.0980 e. The van der Waals surface area contributed by atoms with Gasteiger partial charge in [-0.1, -0.05) is 158 Å². The minimum atomic E-state index is 0.849. The van der Waals surface area contributed by atoms with E-state index in [2.05, 4.69) is 250 Å². The third kappa shape index (κ3) is 5.91. The van der Waals surface area contributed by atoms with Crippen LogP contribution in [0.25, 0.3) is 148 Å². The van der Waals surface area contributed by atoms with Gasteiger partial charge >= 0.3 is 0 Å². The van der Waals surface area contributed by atoms with Crippen LogP contribution in [0.3, 0.4) is 0 Å². The normalized spacial score (nSPS) is 12.1. The van der Waals surface area contributed by atoms with Crippen LogP contribution in [0, 0.1) is 0 Å². The SMILES string of the molecule is c1ccc(-n2c3ccccc3c3c(-c4nc5ccccc5nc4-c4ccc5c(-n6c7cc(-n8c9ccccc9c9cc%10ccccc%10cc98)ccc7c7cc8ccccc8cc76)cccc5c4)cccc32)cc1. The van der Waals surface area contributed by atoms with E-state index in [0.29, 0.717) is 0 Å². The summed E-state index contributed by atoms with van der Waals surface area (Å²) in [5.41, 5.74) is 15.8. The molecule has 4 heterocycles. The van der Waals surface area contributed by atoms with Crippen LogP contribution in [-0.4, -0.2) is 23.7 Å². The van der Waals surface area contributed by atoms with Crippen molar-refractivity contribution in [1.29, 1.82) is 0 Å². The molecule has 0 aliphatic heterocycles. The summed E-state index contributed by atoms with van der Waals surface area (Å²) in [6.07, 6.45) is 0. The molecule has 12 aromatic carbocycles. The molecule has 0 saturated heterocycles. The Labute approximate surface area is 418 Å². The first-order chi connectivity index (χ1) is 36.2. The fourth-order valence-electron chi connectivity index (χ4n) is 12.1. The van der Waals surface area contributed by atoms with Crippen molar-refractivity contribution in [2.45, 2.75) is 0 Å². The molecule has 338 valence electrons. The second kappa shape index (κ2) is 15.3. The Bertz CT molecular complexity index is 4980. The summed E-state index contributed by atoms with van der Waals surface area (Å²) in [6.45, 7) is 0. The monoisotopic (exact) mass is 927 g/mol. The Hall–Kier alpha value is -9.84. The highest BCUT2D eigenvalue weighted by Crippen LogP contribution is 2.44. The molecule has 0 saturated carbocycles. The maximum absolute atomic E-state index is 5.50. The molecule has 0 spiro atoms. The first-order valence-corrected chi connectivity index (χ1v) is 25.0. The molecular weight excluding hydrogens is 887 g/mol. The van der Waals surface area contributed by atoms with Gasteiger partial charge in [0.15, 0.2) is 0 Å². The maximum atomic E-state index is 5.50. The molecule has 4 aromatic heterocycles. The molecule has 0 amide bonds. The van der Waals surface area contributed by atoms with E-state index in [-0.39, 0.29) is 0 Å².